The normalized spacial score (nSPS) is 11.7. The van der Waals surface area contributed by atoms with Crippen LogP contribution in [0.2, 0.25) is 0 Å². The molecule has 0 radical (unpaired) electrons. The van der Waals surface area contributed by atoms with Gasteiger partial charge in [-0.05, 0) is 30.3 Å². The molecule has 0 aliphatic carbocycles. The number of ether oxygens (including phenoxy) is 1. The molecule has 0 fully saturated rings. The number of allylic oxidation sites excluding steroid dienone is 3. The van der Waals surface area contributed by atoms with Crippen molar-refractivity contribution in [2.75, 3.05) is 12.8 Å². The number of aliphatic imine (C=N–C) groups is 1. The first-order chi connectivity index (χ1) is 7.26. The van der Waals surface area contributed by atoms with Crippen LogP contribution in [-0.4, -0.2) is 13.3 Å². The van der Waals surface area contributed by atoms with Crippen molar-refractivity contribution in [2.24, 2.45) is 4.99 Å². The number of anilines is 1. The van der Waals surface area contributed by atoms with Crippen LogP contribution in [0.25, 0.3) is 0 Å². The van der Waals surface area contributed by atoms with Crippen molar-refractivity contribution in [1.82, 2.24) is 0 Å². The summed E-state index contributed by atoms with van der Waals surface area (Å²) in [4.78, 5) is 3.88. The Balaban J connectivity index is 2.78. The Kier molecular flexibility index (Phi) is 4.16. The highest BCUT2D eigenvalue weighted by atomic mass is 16.5. The van der Waals surface area contributed by atoms with Gasteiger partial charge < -0.3 is 10.5 Å². The molecule has 1 aromatic carbocycles. The molecule has 0 saturated carbocycles. The van der Waals surface area contributed by atoms with Gasteiger partial charge in [-0.15, -0.1) is 0 Å². The summed E-state index contributed by atoms with van der Waals surface area (Å²) in [6.07, 6.45) is 5.01. The maximum Gasteiger partial charge on any atom is 0.145 e. The fraction of sp³-hybridized carbons (Fsp3) is 0.0833. The summed E-state index contributed by atoms with van der Waals surface area (Å²) in [6, 6.07) is 7.17. The minimum absolute atomic E-state index is 0.636. The van der Waals surface area contributed by atoms with Crippen LogP contribution in [-0.2, 0) is 0 Å². The van der Waals surface area contributed by atoms with E-state index >= 15 is 0 Å². The van der Waals surface area contributed by atoms with Crippen molar-refractivity contribution < 1.29 is 4.74 Å². The lowest BCUT2D eigenvalue weighted by atomic mass is 10.3. The predicted octanol–water partition coefficient (Wildman–Crippen LogP) is 2.42. The van der Waals surface area contributed by atoms with Gasteiger partial charge in [-0.25, -0.2) is 0 Å². The van der Waals surface area contributed by atoms with Gasteiger partial charge >= 0.3 is 0 Å². The highest BCUT2D eigenvalue weighted by Gasteiger charge is 1.96. The molecule has 2 N–H and O–H groups in total. The standard InChI is InChI=1S/C12H14N2O/c1-3-4-12(9-14-2)15-11-7-5-10(13)6-8-11/h3-9H,1,13H2,2H3/b12-4+,14-9?. The number of nitrogen functional groups attached to an aromatic ring is 1. The molecule has 0 spiro atoms. The third-order valence-electron chi connectivity index (χ3n) is 1.65. The Morgan fingerprint density at radius 3 is 2.60 bits per heavy atom. The molecular weight excluding hydrogens is 188 g/mol. The molecule has 0 aliphatic rings. The topological polar surface area (TPSA) is 47.6 Å². The number of rotatable bonds is 4. The number of nitrogens with two attached hydrogens (primary N) is 1. The molecule has 0 amide bonds. The zero-order valence-electron chi connectivity index (χ0n) is 8.68. The second kappa shape index (κ2) is 5.65. The molecule has 0 unspecified atom stereocenters. The first kappa shape index (κ1) is 11.0. The minimum atomic E-state index is 0.636. The summed E-state index contributed by atoms with van der Waals surface area (Å²) in [7, 11) is 1.68. The Labute approximate surface area is 89.6 Å². The molecule has 0 saturated heterocycles. The number of benzene rings is 1. The van der Waals surface area contributed by atoms with E-state index in [-0.39, 0.29) is 0 Å². The monoisotopic (exact) mass is 202 g/mol. The summed E-state index contributed by atoms with van der Waals surface area (Å²) in [5, 5.41) is 0. The fourth-order valence-corrected chi connectivity index (χ4v) is 1.02. The minimum Gasteiger partial charge on any atom is -0.456 e. The van der Waals surface area contributed by atoms with E-state index in [1.54, 1.807) is 49.7 Å². The maximum atomic E-state index is 5.56. The highest BCUT2D eigenvalue weighted by molar-refractivity contribution is 5.76. The van der Waals surface area contributed by atoms with Crippen molar-refractivity contribution in [2.45, 2.75) is 0 Å². The molecule has 0 aromatic heterocycles. The summed E-state index contributed by atoms with van der Waals surface area (Å²) < 4.78 is 5.54. The summed E-state index contributed by atoms with van der Waals surface area (Å²) >= 11 is 0. The van der Waals surface area contributed by atoms with Crippen molar-refractivity contribution in [3.63, 3.8) is 0 Å². The molecule has 0 aliphatic heterocycles. The van der Waals surface area contributed by atoms with Gasteiger partial charge in [0.2, 0.25) is 0 Å². The first-order valence-corrected chi connectivity index (χ1v) is 4.54. The Hall–Kier alpha value is -2.03. The van der Waals surface area contributed by atoms with Crippen LogP contribution in [0.4, 0.5) is 5.69 Å². The summed E-state index contributed by atoms with van der Waals surface area (Å²) in [6.45, 7) is 3.60. The van der Waals surface area contributed by atoms with Crippen molar-refractivity contribution in [3.8, 4) is 5.75 Å². The molecule has 1 rings (SSSR count). The van der Waals surface area contributed by atoms with E-state index in [9.17, 15) is 0 Å². The lowest BCUT2D eigenvalue weighted by Gasteiger charge is -2.05. The van der Waals surface area contributed by atoms with E-state index in [2.05, 4.69) is 11.6 Å². The third-order valence-corrected chi connectivity index (χ3v) is 1.65. The van der Waals surface area contributed by atoms with E-state index in [1.807, 2.05) is 0 Å². The van der Waals surface area contributed by atoms with Crippen molar-refractivity contribution in [1.29, 1.82) is 0 Å². The lowest BCUT2D eigenvalue weighted by Crippen LogP contribution is -1.96. The quantitative estimate of drug-likeness (QED) is 0.353. The molecule has 3 heteroatoms. The van der Waals surface area contributed by atoms with Gasteiger partial charge in [-0.1, -0.05) is 12.7 Å². The van der Waals surface area contributed by atoms with Gasteiger partial charge in [0.1, 0.15) is 11.5 Å². The summed E-state index contributed by atoms with van der Waals surface area (Å²) in [5.74, 6) is 1.36. The number of hydrogen-bond acceptors (Lipinski definition) is 3. The van der Waals surface area contributed by atoms with Gasteiger partial charge in [-0.3, -0.25) is 4.99 Å². The van der Waals surface area contributed by atoms with E-state index in [0.717, 1.165) is 5.75 Å². The van der Waals surface area contributed by atoms with Gasteiger partial charge in [0.25, 0.3) is 0 Å². The van der Waals surface area contributed by atoms with Crippen LogP contribution in [0.1, 0.15) is 0 Å². The average molecular weight is 202 g/mol. The molecule has 1 aromatic rings. The van der Waals surface area contributed by atoms with Crippen LogP contribution in [0, 0.1) is 0 Å². The van der Waals surface area contributed by atoms with Crippen molar-refractivity contribution in [3.05, 3.63) is 48.8 Å². The molecule has 0 atom stereocenters. The molecule has 78 valence electrons. The molecular formula is C12H14N2O. The Bertz CT molecular complexity index is 377. The fourth-order valence-electron chi connectivity index (χ4n) is 1.02. The smallest absolute Gasteiger partial charge is 0.145 e. The Morgan fingerprint density at radius 2 is 2.07 bits per heavy atom. The van der Waals surface area contributed by atoms with Crippen LogP contribution in [0.5, 0.6) is 5.75 Å². The van der Waals surface area contributed by atoms with Crippen LogP contribution >= 0.6 is 0 Å². The van der Waals surface area contributed by atoms with E-state index in [4.69, 9.17) is 10.5 Å². The molecule has 15 heavy (non-hydrogen) atoms. The highest BCUT2D eigenvalue weighted by Crippen LogP contribution is 2.15. The Morgan fingerprint density at radius 1 is 1.40 bits per heavy atom. The molecule has 3 nitrogen and oxygen atoms in total. The van der Waals surface area contributed by atoms with Gasteiger partial charge in [0.15, 0.2) is 0 Å². The maximum absolute atomic E-state index is 5.56. The van der Waals surface area contributed by atoms with Gasteiger partial charge in [0.05, 0.1) is 6.21 Å². The lowest BCUT2D eigenvalue weighted by molar-refractivity contribution is 0.457. The molecule has 0 bridgehead atoms. The van der Waals surface area contributed by atoms with E-state index < -0.39 is 0 Å². The average Bonchev–Trinajstić information content (AvgIpc) is 2.22. The number of hydrogen-bond donors (Lipinski definition) is 1. The van der Waals surface area contributed by atoms with Gasteiger partial charge in [-0.2, -0.15) is 0 Å². The van der Waals surface area contributed by atoms with Crippen molar-refractivity contribution >= 4 is 11.9 Å². The SMILES string of the molecule is C=C/C=C(\C=NC)Oc1ccc(N)cc1. The summed E-state index contributed by atoms with van der Waals surface area (Å²) in [5.41, 5.74) is 6.27. The second-order valence-electron chi connectivity index (χ2n) is 2.86. The van der Waals surface area contributed by atoms with E-state index in [1.165, 1.54) is 0 Å². The molecule has 0 heterocycles. The first-order valence-electron chi connectivity index (χ1n) is 4.54. The zero-order chi connectivity index (χ0) is 11.1. The van der Waals surface area contributed by atoms with Crippen LogP contribution < -0.4 is 10.5 Å². The van der Waals surface area contributed by atoms with Crippen LogP contribution in [0.15, 0.2) is 53.7 Å². The van der Waals surface area contributed by atoms with Crippen LogP contribution in [0.3, 0.4) is 0 Å². The van der Waals surface area contributed by atoms with Gasteiger partial charge in [0, 0.05) is 12.7 Å². The number of nitrogens with zero attached hydrogens (tertiary/aromatic N) is 1. The van der Waals surface area contributed by atoms with E-state index in [0.29, 0.717) is 11.4 Å². The second-order valence-corrected chi connectivity index (χ2v) is 2.86. The largest absolute Gasteiger partial charge is 0.456 e. The third kappa shape index (κ3) is 3.68. The predicted molar refractivity (Wildman–Crippen MR) is 64.2 cm³/mol. The zero-order valence-corrected chi connectivity index (χ0v) is 8.68.